The molecule has 1 saturated heterocycles. The van der Waals surface area contributed by atoms with Gasteiger partial charge in [-0.15, -0.1) is 11.6 Å². The summed E-state index contributed by atoms with van der Waals surface area (Å²) in [6.45, 7) is 2.55. The number of likely N-dealkylation sites (N-methyl/N-ethyl adjacent to an activating group) is 1. The monoisotopic (exact) mass is 302 g/mol. The number of rotatable bonds is 2. The van der Waals surface area contributed by atoms with Gasteiger partial charge in [-0.3, -0.25) is 4.79 Å². The van der Waals surface area contributed by atoms with E-state index in [-0.39, 0.29) is 17.3 Å². The molecule has 1 aromatic heterocycles. The van der Waals surface area contributed by atoms with Crippen LogP contribution >= 0.6 is 11.6 Å². The lowest BCUT2D eigenvalue weighted by molar-refractivity contribution is -0.129. The van der Waals surface area contributed by atoms with Crippen LogP contribution in [0.1, 0.15) is 36.2 Å². The number of nitriles is 1. The Balaban J connectivity index is 2.28. The Bertz CT molecular complexity index is 759. The Morgan fingerprint density at radius 1 is 1.52 bits per heavy atom. The summed E-state index contributed by atoms with van der Waals surface area (Å²) in [5.74, 6) is 0.707. The molecule has 1 aromatic carbocycles. The highest BCUT2D eigenvalue weighted by Gasteiger charge is 2.34. The summed E-state index contributed by atoms with van der Waals surface area (Å²) in [7, 11) is 1.80. The Morgan fingerprint density at radius 2 is 2.29 bits per heavy atom. The van der Waals surface area contributed by atoms with Crippen LogP contribution in [0.4, 0.5) is 0 Å². The van der Waals surface area contributed by atoms with Gasteiger partial charge >= 0.3 is 0 Å². The molecule has 2 aromatic rings. The molecule has 0 aliphatic carbocycles. The van der Waals surface area contributed by atoms with Gasteiger partial charge in [0, 0.05) is 13.6 Å². The van der Waals surface area contributed by atoms with Crippen molar-refractivity contribution in [2.24, 2.45) is 0 Å². The lowest BCUT2D eigenvalue weighted by Crippen LogP contribution is -2.25. The van der Waals surface area contributed by atoms with E-state index >= 15 is 0 Å². The third-order valence-electron chi connectivity index (χ3n) is 3.93. The number of alkyl halides is 1. The molecule has 21 heavy (non-hydrogen) atoms. The van der Waals surface area contributed by atoms with E-state index in [9.17, 15) is 10.1 Å². The number of carbonyl (C=O) groups is 1. The Hall–Kier alpha value is -2.06. The van der Waals surface area contributed by atoms with E-state index in [1.54, 1.807) is 18.0 Å². The van der Waals surface area contributed by atoms with Crippen molar-refractivity contribution in [3.8, 4) is 6.07 Å². The predicted octanol–water partition coefficient (Wildman–Crippen LogP) is 2.61. The van der Waals surface area contributed by atoms with Gasteiger partial charge in [0.15, 0.2) is 0 Å². The molecule has 0 N–H and O–H groups in total. The zero-order valence-electron chi connectivity index (χ0n) is 11.9. The van der Waals surface area contributed by atoms with E-state index in [2.05, 4.69) is 11.1 Å². The first-order valence-corrected chi connectivity index (χ1v) is 7.28. The molecule has 5 nitrogen and oxygen atoms in total. The van der Waals surface area contributed by atoms with Crippen molar-refractivity contribution in [2.75, 3.05) is 13.6 Å². The molecule has 1 amide bonds. The van der Waals surface area contributed by atoms with Crippen LogP contribution in [0.25, 0.3) is 11.0 Å². The summed E-state index contributed by atoms with van der Waals surface area (Å²) >= 11 is 6.25. The van der Waals surface area contributed by atoms with Gasteiger partial charge in [-0.2, -0.15) is 5.26 Å². The number of halogens is 1. The minimum Gasteiger partial charge on any atom is -0.344 e. The predicted molar refractivity (Wildman–Crippen MR) is 80.0 cm³/mol. The second kappa shape index (κ2) is 5.05. The Labute approximate surface area is 127 Å². The lowest BCUT2D eigenvalue weighted by Gasteiger charge is -2.16. The molecule has 108 valence electrons. The number of amides is 1. The molecule has 2 heterocycles. The van der Waals surface area contributed by atoms with Crippen LogP contribution in [-0.2, 0) is 4.79 Å². The van der Waals surface area contributed by atoms with Crippen molar-refractivity contribution in [3.63, 3.8) is 0 Å². The molecule has 3 rings (SSSR count). The maximum absolute atomic E-state index is 12.3. The topological polar surface area (TPSA) is 61.9 Å². The number of carbonyl (C=O) groups excluding carboxylic acids is 1. The fraction of sp³-hybridized carbons (Fsp3) is 0.400. The summed E-state index contributed by atoms with van der Waals surface area (Å²) in [5.41, 5.74) is 1.92. The molecule has 0 saturated carbocycles. The minimum absolute atomic E-state index is 0.0650. The van der Waals surface area contributed by atoms with Crippen molar-refractivity contribution in [1.29, 1.82) is 5.26 Å². The molecule has 6 heteroatoms. The summed E-state index contributed by atoms with van der Waals surface area (Å²) < 4.78 is 1.90. The summed E-state index contributed by atoms with van der Waals surface area (Å²) in [5, 5.41) is 8.90. The number of nitrogens with zero attached hydrogens (tertiary/aromatic N) is 4. The molecule has 1 aliphatic heterocycles. The van der Waals surface area contributed by atoms with Crippen molar-refractivity contribution < 1.29 is 4.79 Å². The largest absolute Gasteiger partial charge is 0.344 e. The average Bonchev–Trinajstić information content (AvgIpc) is 3.00. The highest BCUT2D eigenvalue weighted by Crippen LogP contribution is 2.33. The second-order valence-electron chi connectivity index (χ2n) is 5.31. The number of imidazole rings is 1. The van der Waals surface area contributed by atoms with Crippen LogP contribution in [0.2, 0.25) is 0 Å². The van der Waals surface area contributed by atoms with Crippen molar-refractivity contribution in [3.05, 3.63) is 29.6 Å². The number of hydrogen-bond acceptors (Lipinski definition) is 3. The van der Waals surface area contributed by atoms with Crippen LogP contribution in [0, 0.1) is 11.3 Å². The number of para-hydroxylation sites is 1. The third-order valence-corrected chi connectivity index (χ3v) is 4.13. The number of aromatic nitrogens is 2. The molecule has 2 unspecified atom stereocenters. The minimum atomic E-state index is -0.331. The van der Waals surface area contributed by atoms with Crippen LogP contribution in [0.3, 0.4) is 0 Å². The zero-order valence-corrected chi connectivity index (χ0v) is 12.6. The maximum atomic E-state index is 12.3. The molecule has 0 spiro atoms. The lowest BCUT2D eigenvalue weighted by atomic mass is 10.2. The van der Waals surface area contributed by atoms with Crippen LogP contribution in [-0.4, -0.2) is 34.0 Å². The number of benzene rings is 1. The summed E-state index contributed by atoms with van der Waals surface area (Å²) in [6.07, 6.45) is 0.730. The molecular weight excluding hydrogens is 288 g/mol. The van der Waals surface area contributed by atoms with Gasteiger partial charge in [0.05, 0.1) is 16.5 Å². The van der Waals surface area contributed by atoms with Gasteiger partial charge in [-0.1, -0.05) is 6.07 Å². The molecule has 2 atom stereocenters. The number of likely N-dealkylation sites (tertiary alicyclic amines) is 1. The fourth-order valence-corrected chi connectivity index (χ4v) is 3.03. The quantitative estimate of drug-likeness (QED) is 0.801. The Kier molecular flexibility index (Phi) is 3.34. The normalized spacial score (nSPS) is 20.0. The Morgan fingerprint density at radius 3 is 2.86 bits per heavy atom. The summed E-state index contributed by atoms with van der Waals surface area (Å²) in [4.78, 5) is 18.6. The van der Waals surface area contributed by atoms with Gasteiger partial charge in [0.25, 0.3) is 0 Å². The average molecular weight is 303 g/mol. The van der Waals surface area contributed by atoms with Gasteiger partial charge in [0.2, 0.25) is 5.91 Å². The highest BCUT2D eigenvalue weighted by atomic mass is 35.5. The fourth-order valence-electron chi connectivity index (χ4n) is 2.88. The highest BCUT2D eigenvalue weighted by molar-refractivity contribution is 6.20. The molecule has 1 aliphatic rings. The van der Waals surface area contributed by atoms with E-state index in [4.69, 9.17) is 11.6 Å². The van der Waals surface area contributed by atoms with Gasteiger partial charge < -0.3 is 9.47 Å². The van der Waals surface area contributed by atoms with E-state index in [1.165, 1.54) is 0 Å². The van der Waals surface area contributed by atoms with E-state index < -0.39 is 0 Å². The first kappa shape index (κ1) is 13.9. The molecule has 0 bridgehead atoms. The van der Waals surface area contributed by atoms with Crippen LogP contribution in [0.15, 0.2) is 18.2 Å². The van der Waals surface area contributed by atoms with E-state index in [0.29, 0.717) is 16.9 Å². The van der Waals surface area contributed by atoms with Gasteiger partial charge in [0.1, 0.15) is 23.5 Å². The first-order valence-electron chi connectivity index (χ1n) is 6.84. The van der Waals surface area contributed by atoms with Crippen LogP contribution in [0.5, 0.6) is 0 Å². The zero-order chi connectivity index (χ0) is 15.1. The SMILES string of the molecule is CC(Cl)c1nc2c(C#N)cccc2n1C1CCN(C)C1=O. The molecule has 1 fully saturated rings. The molecule has 0 radical (unpaired) electrons. The van der Waals surface area contributed by atoms with Gasteiger partial charge in [-0.25, -0.2) is 4.98 Å². The first-order chi connectivity index (χ1) is 10.0. The van der Waals surface area contributed by atoms with Gasteiger partial charge in [-0.05, 0) is 25.5 Å². The maximum Gasteiger partial charge on any atom is 0.245 e. The summed E-state index contributed by atoms with van der Waals surface area (Å²) in [6, 6.07) is 7.28. The second-order valence-corrected chi connectivity index (χ2v) is 5.96. The number of fused-ring (bicyclic) bond motifs is 1. The standard InChI is InChI=1S/C15H15ClN4O/c1-9(16)14-18-13-10(8-17)4-3-5-11(13)20(14)12-6-7-19(2)15(12)21/h3-5,9,12H,6-7H2,1-2H3. The van der Waals surface area contributed by atoms with Crippen LogP contribution < -0.4 is 0 Å². The third kappa shape index (κ3) is 2.07. The van der Waals surface area contributed by atoms with E-state index in [0.717, 1.165) is 18.5 Å². The van der Waals surface area contributed by atoms with Crippen molar-refractivity contribution in [2.45, 2.75) is 24.8 Å². The van der Waals surface area contributed by atoms with E-state index in [1.807, 2.05) is 23.6 Å². The smallest absolute Gasteiger partial charge is 0.245 e. The molecular formula is C15H15ClN4O. The number of hydrogen-bond donors (Lipinski definition) is 0. The van der Waals surface area contributed by atoms with Crippen molar-refractivity contribution in [1.82, 2.24) is 14.5 Å². The van der Waals surface area contributed by atoms with Crippen molar-refractivity contribution >= 4 is 28.5 Å².